The van der Waals surface area contributed by atoms with Crippen molar-refractivity contribution in [2.24, 2.45) is 0 Å². The summed E-state index contributed by atoms with van der Waals surface area (Å²) in [7, 11) is 4.39. The van der Waals surface area contributed by atoms with Gasteiger partial charge in [-0.25, -0.2) is 0 Å². The Balaban J connectivity index is 2.37. The van der Waals surface area contributed by atoms with Gasteiger partial charge < -0.3 is 10.2 Å². The van der Waals surface area contributed by atoms with Crippen molar-refractivity contribution >= 4 is 0 Å². The van der Waals surface area contributed by atoms with Crippen LogP contribution >= 0.6 is 0 Å². The summed E-state index contributed by atoms with van der Waals surface area (Å²) < 4.78 is 0. The molecule has 0 aromatic heterocycles. The van der Waals surface area contributed by atoms with Gasteiger partial charge in [0, 0.05) is 12.1 Å². The fraction of sp³-hybridized carbons (Fsp3) is 1.00. The predicted octanol–water partition coefficient (Wildman–Crippen LogP) is 3.31. The summed E-state index contributed by atoms with van der Waals surface area (Å²) >= 11 is 0. The van der Waals surface area contributed by atoms with E-state index in [1.54, 1.807) is 0 Å². The highest BCUT2D eigenvalue weighted by Crippen LogP contribution is 2.22. The lowest BCUT2D eigenvalue weighted by molar-refractivity contribution is 0.00974. The number of nitrogens with one attached hydrogen (secondary N) is 1. The number of rotatable bonds is 9. The van der Waals surface area contributed by atoms with Crippen LogP contribution in [0.3, 0.4) is 0 Å². The summed E-state index contributed by atoms with van der Waals surface area (Å²) in [5.74, 6) is 0. The molecule has 3 heteroatoms. The zero-order valence-electron chi connectivity index (χ0n) is 14.5. The molecule has 0 saturated carbocycles. The van der Waals surface area contributed by atoms with Crippen LogP contribution in [-0.4, -0.2) is 55.2 Å². The summed E-state index contributed by atoms with van der Waals surface area (Å²) in [6.45, 7) is 10.7. The van der Waals surface area contributed by atoms with Crippen LogP contribution in [0.25, 0.3) is 0 Å². The maximum Gasteiger partial charge on any atom is 0.0781 e. The molecule has 1 rings (SSSR count). The highest BCUT2D eigenvalue weighted by atomic mass is 15.3. The second-order valence-corrected chi connectivity index (χ2v) is 7.06. The lowest BCUT2D eigenvalue weighted by atomic mass is 9.96. The van der Waals surface area contributed by atoms with E-state index in [1.165, 1.54) is 58.0 Å². The van der Waals surface area contributed by atoms with Gasteiger partial charge in [0.05, 0.1) is 6.17 Å². The second-order valence-electron chi connectivity index (χ2n) is 7.06. The third kappa shape index (κ3) is 5.34. The van der Waals surface area contributed by atoms with E-state index in [-0.39, 0.29) is 5.54 Å². The van der Waals surface area contributed by atoms with Gasteiger partial charge in [0.1, 0.15) is 0 Å². The first-order valence-corrected chi connectivity index (χ1v) is 8.65. The van der Waals surface area contributed by atoms with E-state index in [9.17, 15) is 0 Å². The first-order chi connectivity index (χ1) is 9.50. The number of likely N-dealkylation sites (N-methyl/N-ethyl adjacent to an activating group) is 1. The lowest BCUT2D eigenvalue weighted by Crippen LogP contribution is -2.65. The molecule has 0 bridgehead atoms. The zero-order valence-corrected chi connectivity index (χ0v) is 14.5. The quantitative estimate of drug-likeness (QED) is 0.655. The molecule has 1 unspecified atom stereocenters. The minimum absolute atomic E-state index is 0.183. The Morgan fingerprint density at radius 3 is 2.40 bits per heavy atom. The van der Waals surface area contributed by atoms with Crippen LogP contribution in [0, 0.1) is 0 Å². The van der Waals surface area contributed by atoms with Gasteiger partial charge in [-0.3, -0.25) is 4.90 Å². The average molecular weight is 284 g/mol. The van der Waals surface area contributed by atoms with Crippen LogP contribution in [0.4, 0.5) is 0 Å². The van der Waals surface area contributed by atoms with Gasteiger partial charge in [0.25, 0.3) is 0 Å². The van der Waals surface area contributed by atoms with Crippen LogP contribution in [0.15, 0.2) is 0 Å². The summed E-state index contributed by atoms with van der Waals surface area (Å²) in [5, 5.41) is 3.74. The Kier molecular flexibility index (Phi) is 8.08. The highest BCUT2D eigenvalue weighted by Gasteiger charge is 2.36. The molecule has 0 radical (unpaired) electrons. The fourth-order valence-electron chi connectivity index (χ4n) is 3.06. The molecular formula is C17H37N3. The Morgan fingerprint density at radius 1 is 1.10 bits per heavy atom. The van der Waals surface area contributed by atoms with E-state index in [4.69, 9.17) is 0 Å². The van der Waals surface area contributed by atoms with Crippen LogP contribution in [0.5, 0.6) is 0 Å². The maximum absolute atomic E-state index is 3.74. The summed E-state index contributed by atoms with van der Waals surface area (Å²) in [6.07, 6.45) is 10.1. The van der Waals surface area contributed by atoms with Crippen LogP contribution < -0.4 is 5.32 Å². The third-order valence-electron chi connectivity index (χ3n) is 4.95. The summed E-state index contributed by atoms with van der Waals surface area (Å²) in [5.41, 5.74) is 0.183. The molecule has 1 aliphatic rings. The minimum atomic E-state index is 0.183. The molecule has 20 heavy (non-hydrogen) atoms. The maximum atomic E-state index is 3.74. The normalized spacial score (nSPS) is 21.6. The molecule has 0 aromatic rings. The monoisotopic (exact) mass is 283 g/mol. The van der Waals surface area contributed by atoms with Crippen molar-refractivity contribution in [3.05, 3.63) is 0 Å². The molecule has 1 saturated heterocycles. The Hall–Kier alpha value is -0.120. The van der Waals surface area contributed by atoms with Crippen molar-refractivity contribution < 1.29 is 0 Å². The number of hydrogen-bond acceptors (Lipinski definition) is 3. The summed E-state index contributed by atoms with van der Waals surface area (Å²) in [6, 6.07) is 0. The van der Waals surface area contributed by atoms with Crippen LogP contribution in [0.2, 0.25) is 0 Å². The van der Waals surface area contributed by atoms with Crippen LogP contribution in [-0.2, 0) is 0 Å². The van der Waals surface area contributed by atoms with Gasteiger partial charge in [-0.2, -0.15) is 0 Å². The van der Waals surface area contributed by atoms with Crippen molar-refractivity contribution in [2.45, 2.75) is 77.4 Å². The van der Waals surface area contributed by atoms with Gasteiger partial charge in [-0.15, -0.1) is 0 Å². The third-order valence-corrected chi connectivity index (χ3v) is 4.95. The standard InChI is InChI=1S/C17H37N3/c1-6-7-8-9-10-11-14-20-15-12-13-18-16(20)17(2,3)19(4)5/h16,18H,6-15H2,1-5H3. The molecular weight excluding hydrogens is 246 g/mol. The summed E-state index contributed by atoms with van der Waals surface area (Å²) in [4.78, 5) is 5.02. The Morgan fingerprint density at radius 2 is 1.75 bits per heavy atom. The lowest BCUT2D eigenvalue weighted by Gasteiger charge is -2.48. The van der Waals surface area contributed by atoms with E-state index >= 15 is 0 Å². The molecule has 0 aromatic carbocycles. The van der Waals surface area contributed by atoms with Gasteiger partial charge in [0.2, 0.25) is 0 Å². The Labute approximate surface area is 127 Å². The molecule has 3 nitrogen and oxygen atoms in total. The number of unbranched alkanes of at least 4 members (excludes halogenated alkanes) is 5. The van der Waals surface area contributed by atoms with E-state index in [0.717, 1.165) is 6.54 Å². The number of hydrogen-bond donors (Lipinski definition) is 1. The average Bonchev–Trinajstić information content (AvgIpc) is 2.43. The van der Waals surface area contributed by atoms with E-state index in [1.807, 2.05) is 0 Å². The topological polar surface area (TPSA) is 18.5 Å². The van der Waals surface area contributed by atoms with Crippen molar-refractivity contribution in [2.75, 3.05) is 33.7 Å². The number of nitrogens with zero attached hydrogens (tertiary/aromatic N) is 2. The molecule has 0 aliphatic carbocycles. The first kappa shape index (κ1) is 17.9. The second kappa shape index (κ2) is 9.01. The molecule has 0 amide bonds. The highest BCUT2D eigenvalue weighted by molar-refractivity contribution is 4.93. The van der Waals surface area contributed by atoms with Gasteiger partial charge in [0.15, 0.2) is 0 Å². The predicted molar refractivity (Wildman–Crippen MR) is 89.1 cm³/mol. The van der Waals surface area contributed by atoms with E-state index in [0.29, 0.717) is 6.17 Å². The van der Waals surface area contributed by atoms with Crippen LogP contribution in [0.1, 0.15) is 65.7 Å². The SMILES string of the molecule is CCCCCCCCN1CCCNC1C(C)(C)N(C)C. The Bertz CT molecular complexity index is 251. The van der Waals surface area contributed by atoms with E-state index in [2.05, 4.69) is 50.0 Å². The van der Waals surface area contributed by atoms with Gasteiger partial charge >= 0.3 is 0 Å². The molecule has 0 spiro atoms. The van der Waals surface area contributed by atoms with Gasteiger partial charge in [-0.1, -0.05) is 39.0 Å². The molecule has 1 N–H and O–H groups in total. The molecule has 1 fully saturated rings. The molecule has 1 atom stereocenters. The smallest absolute Gasteiger partial charge is 0.0781 e. The largest absolute Gasteiger partial charge is 0.301 e. The molecule has 120 valence electrons. The van der Waals surface area contributed by atoms with Crippen molar-refractivity contribution in [3.63, 3.8) is 0 Å². The molecule has 1 aliphatic heterocycles. The minimum Gasteiger partial charge on any atom is -0.301 e. The zero-order chi connectivity index (χ0) is 15.0. The van der Waals surface area contributed by atoms with Crippen molar-refractivity contribution in [1.82, 2.24) is 15.1 Å². The van der Waals surface area contributed by atoms with Crippen molar-refractivity contribution in [3.8, 4) is 0 Å². The van der Waals surface area contributed by atoms with Gasteiger partial charge in [-0.05, 0) is 53.9 Å². The molecule has 1 heterocycles. The fourth-order valence-corrected chi connectivity index (χ4v) is 3.06. The van der Waals surface area contributed by atoms with Crippen molar-refractivity contribution in [1.29, 1.82) is 0 Å². The van der Waals surface area contributed by atoms with E-state index < -0.39 is 0 Å². The first-order valence-electron chi connectivity index (χ1n) is 8.65.